The number of furan rings is 1. The third-order valence-electron chi connectivity index (χ3n) is 10.3. The number of nitrogens with zero attached hydrogens (tertiary/aromatic N) is 3. The van der Waals surface area contributed by atoms with Crippen LogP contribution in [0.15, 0.2) is 180 Å². The van der Waals surface area contributed by atoms with Crippen LogP contribution in [-0.4, -0.2) is 15.0 Å². The summed E-state index contributed by atoms with van der Waals surface area (Å²) in [5.74, 6) is 1.92. The van der Waals surface area contributed by atoms with Gasteiger partial charge in [0.1, 0.15) is 11.2 Å². The fraction of sp³-hybridized carbons (Fsp3) is 0. The second kappa shape index (κ2) is 12.3. The van der Waals surface area contributed by atoms with E-state index in [-0.39, 0.29) is 0 Å². The molecule has 0 fully saturated rings. The topological polar surface area (TPSA) is 51.8 Å². The third-order valence-corrected chi connectivity index (χ3v) is 11.5. The van der Waals surface area contributed by atoms with E-state index in [0.29, 0.717) is 17.5 Å². The van der Waals surface area contributed by atoms with Crippen molar-refractivity contribution in [1.29, 1.82) is 0 Å². The van der Waals surface area contributed by atoms with Crippen molar-refractivity contribution in [1.82, 2.24) is 15.0 Å². The standard InChI is InChI=1S/C49H29N3OS/c1-3-13-30(14-4-1)32-25-26-36-35(27-32)29-41(44-39-20-7-9-23-42(39)53-45(36)44)33-17-11-18-34(28-33)48-50-47(31-15-5-2-6-16-31)51-49(52-48)40-22-12-21-38-37-19-8-10-24-43(37)54-46(38)40/h1-29H. The van der Waals surface area contributed by atoms with Gasteiger partial charge in [0.15, 0.2) is 17.5 Å². The summed E-state index contributed by atoms with van der Waals surface area (Å²) in [6.45, 7) is 0. The van der Waals surface area contributed by atoms with Gasteiger partial charge in [-0.25, -0.2) is 15.0 Å². The van der Waals surface area contributed by atoms with Crippen LogP contribution in [0.5, 0.6) is 0 Å². The second-order valence-corrected chi connectivity index (χ2v) is 14.6. The van der Waals surface area contributed by atoms with E-state index < -0.39 is 0 Å². The number of aromatic nitrogens is 3. The largest absolute Gasteiger partial charge is 0.455 e. The summed E-state index contributed by atoms with van der Waals surface area (Å²) in [4.78, 5) is 15.4. The Morgan fingerprint density at radius 2 is 1.04 bits per heavy atom. The Hall–Kier alpha value is -6.95. The smallest absolute Gasteiger partial charge is 0.165 e. The van der Waals surface area contributed by atoms with E-state index in [1.165, 1.54) is 25.7 Å². The van der Waals surface area contributed by atoms with Gasteiger partial charge in [0.25, 0.3) is 0 Å². The molecule has 4 nitrogen and oxygen atoms in total. The molecule has 0 saturated heterocycles. The molecule has 0 unspecified atom stereocenters. The first kappa shape index (κ1) is 30.7. The van der Waals surface area contributed by atoms with Crippen molar-refractivity contribution >= 4 is 64.2 Å². The van der Waals surface area contributed by atoms with Crippen LogP contribution >= 0.6 is 11.3 Å². The summed E-state index contributed by atoms with van der Waals surface area (Å²) in [6, 6.07) is 61.5. The van der Waals surface area contributed by atoms with Crippen molar-refractivity contribution in [3.8, 4) is 56.4 Å². The molecule has 0 amide bonds. The Labute approximate surface area is 314 Å². The maximum absolute atomic E-state index is 6.64. The van der Waals surface area contributed by atoms with Gasteiger partial charge in [-0.05, 0) is 70.1 Å². The van der Waals surface area contributed by atoms with Crippen LogP contribution < -0.4 is 0 Å². The van der Waals surface area contributed by atoms with Gasteiger partial charge in [-0.2, -0.15) is 0 Å². The van der Waals surface area contributed by atoms with Crippen molar-refractivity contribution in [3.63, 3.8) is 0 Å². The minimum Gasteiger partial charge on any atom is -0.455 e. The van der Waals surface area contributed by atoms with E-state index in [4.69, 9.17) is 19.4 Å². The lowest BCUT2D eigenvalue weighted by Crippen LogP contribution is -2.00. The number of thiophene rings is 1. The summed E-state index contributed by atoms with van der Waals surface area (Å²) < 4.78 is 9.06. The number of hydrogen-bond donors (Lipinski definition) is 0. The molecule has 11 aromatic rings. The Balaban J connectivity index is 1.13. The van der Waals surface area contributed by atoms with Crippen molar-refractivity contribution in [3.05, 3.63) is 176 Å². The van der Waals surface area contributed by atoms with E-state index in [2.05, 4.69) is 146 Å². The zero-order chi connectivity index (χ0) is 35.6. The van der Waals surface area contributed by atoms with Crippen molar-refractivity contribution in [2.75, 3.05) is 0 Å². The molecule has 0 aliphatic rings. The van der Waals surface area contributed by atoms with Gasteiger partial charge in [-0.1, -0.05) is 133 Å². The molecule has 54 heavy (non-hydrogen) atoms. The van der Waals surface area contributed by atoms with Gasteiger partial charge in [0.2, 0.25) is 0 Å². The molecule has 0 aliphatic carbocycles. The molecule has 0 saturated carbocycles. The number of rotatable bonds is 5. The van der Waals surface area contributed by atoms with E-state index in [0.717, 1.165) is 66.1 Å². The van der Waals surface area contributed by atoms with Crippen LogP contribution in [0, 0.1) is 0 Å². The maximum atomic E-state index is 6.64. The Kier molecular flexibility index (Phi) is 7.00. The Morgan fingerprint density at radius 1 is 0.389 bits per heavy atom. The minimum atomic E-state index is 0.624. The van der Waals surface area contributed by atoms with Crippen LogP contribution in [0.2, 0.25) is 0 Å². The molecule has 0 aliphatic heterocycles. The average molecular weight is 708 g/mol. The van der Waals surface area contributed by atoms with Gasteiger partial charge in [-0.15, -0.1) is 11.3 Å². The quantitative estimate of drug-likeness (QED) is 0.179. The van der Waals surface area contributed by atoms with Crippen molar-refractivity contribution in [2.45, 2.75) is 0 Å². The van der Waals surface area contributed by atoms with Gasteiger partial charge in [0, 0.05) is 53.0 Å². The molecule has 3 heterocycles. The van der Waals surface area contributed by atoms with Crippen LogP contribution in [0.1, 0.15) is 0 Å². The van der Waals surface area contributed by atoms with Crippen LogP contribution in [0.3, 0.4) is 0 Å². The highest BCUT2D eigenvalue weighted by Crippen LogP contribution is 2.43. The highest BCUT2D eigenvalue weighted by Gasteiger charge is 2.20. The Bertz CT molecular complexity index is 3220. The van der Waals surface area contributed by atoms with Gasteiger partial charge < -0.3 is 4.42 Å². The number of fused-ring (bicyclic) bond motifs is 8. The van der Waals surface area contributed by atoms with E-state index in [1.54, 1.807) is 11.3 Å². The zero-order valence-corrected chi connectivity index (χ0v) is 29.7. The molecule has 5 heteroatoms. The molecule has 11 rings (SSSR count). The van der Waals surface area contributed by atoms with Crippen molar-refractivity contribution < 1.29 is 4.42 Å². The van der Waals surface area contributed by atoms with E-state index in [1.807, 2.05) is 30.3 Å². The first-order chi connectivity index (χ1) is 26.7. The SMILES string of the molecule is c1ccc(-c2ccc3c(c2)cc(-c2cccc(-c4nc(-c5ccccc5)nc(-c5cccc6c5sc5ccccc56)n4)c2)c2c4ccccc4oc32)cc1. The van der Waals surface area contributed by atoms with Crippen LogP contribution in [0.4, 0.5) is 0 Å². The predicted octanol–water partition coefficient (Wildman–Crippen LogP) is 13.6. The predicted molar refractivity (Wildman–Crippen MR) is 225 cm³/mol. The molecule has 0 radical (unpaired) electrons. The third kappa shape index (κ3) is 5.01. The molecule has 8 aromatic carbocycles. The molecule has 0 atom stereocenters. The molecular weight excluding hydrogens is 679 g/mol. The monoisotopic (exact) mass is 707 g/mol. The van der Waals surface area contributed by atoms with Gasteiger partial charge in [0.05, 0.1) is 0 Å². The van der Waals surface area contributed by atoms with E-state index in [9.17, 15) is 0 Å². The summed E-state index contributed by atoms with van der Waals surface area (Å²) in [5, 5.41) is 6.85. The number of benzene rings is 8. The van der Waals surface area contributed by atoms with Crippen LogP contribution in [0.25, 0.3) is 109 Å². The normalized spacial score (nSPS) is 11.7. The maximum Gasteiger partial charge on any atom is 0.165 e. The van der Waals surface area contributed by atoms with Gasteiger partial charge >= 0.3 is 0 Å². The minimum absolute atomic E-state index is 0.624. The molecule has 0 N–H and O–H groups in total. The summed E-state index contributed by atoms with van der Waals surface area (Å²) in [6.07, 6.45) is 0. The fourth-order valence-corrected chi connectivity index (χ4v) is 8.96. The van der Waals surface area contributed by atoms with E-state index >= 15 is 0 Å². The lowest BCUT2D eigenvalue weighted by Gasteiger charge is -2.12. The fourth-order valence-electron chi connectivity index (χ4n) is 7.75. The summed E-state index contributed by atoms with van der Waals surface area (Å²) in [7, 11) is 0. The number of hydrogen-bond acceptors (Lipinski definition) is 5. The zero-order valence-electron chi connectivity index (χ0n) is 28.9. The average Bonchev–Trinajstić information content (AvgIpc) is 3.83. The highest BCUT2D eigenvalue weighted by atomic mass is 32.1. The summed E-state index contributed by atoms with van der Waals surface area (Å²) >= 11 is 1.78. The number of para-hydroxylation sites is 1. The first-order valence-corrected chi connectivity index (χ1v) is 18.8. The van der Waals surface area contributed by atoms with Crippen LogP contribution in [-0.2, 0) is 0 Å². The second-order valence-electron chi connectivity index (χ2n) is 13.6. The molecular formula is C49H29N3OS. The lowest BCUT2D eigenvalue weighted by molar-refractivity contribution is 0.673. The first-order valence-electron chi connectivity index (χ1n) is 18.0. The van der Waals surface area contributed by atoms with Crippen molar-refractivity contribution in [2.24, 2.45) is 0 Å². The molecule has 252 valence electrons. The van der Waals surface area contributed by atoms with Gasteiger partial charge in [-0.3, -0.25) is 0 Å². The molecule has 3 aromatic heterocycles. The molecule has 0 spiro atoms. The lowest BCUT2D eigenvalue weighted by atomic mass is 9.93. The molecule has 0 bridgehead atoms. The highest BCUT2D eigenvalue weighted by molar-refractivity contribution is 7.26. The Morgan fingerprint density at radius 3 is 1.89 bits per heavy atom. The summed E-state index contributed by atoms with van der Waals surface area (Å²) in [5.41, 5.74) is 9.12.